The molecule has 2 aromatic rings. The standard InChI is InChI=1S/C22H28N4O2/c1-22(23,18-6-4-3-5-7-18)21(28)24-19-10-8-17(9-11-19)16-20(27)26-14-12-25(2)13-15-26/h3-11H,12-16,23H2,1-2H3,(H,24,28). The van der Waals surface area contributed by atoms with Crippen LogP contribution >= 0.6 is 0 Å². The first-order valence-electron chi connectivity index (χ1n) is 9.57. The summed E-state index contributed by atoms with van der Waals surface area (Å²) in [7, 11) is 2.07. The number of nitrogens with one attached hydrogen (secondary N) is 1. The number of hydrogen-bond donors (Lipinski definition) is 2. The van der Waals surface area contributed by atoms with Crippen molar-refractivity contribution in [2.75, 3.05) is 38.5 Å². The lowest BCUT2D eigenvalue weighted by Gasteiger charge is -2.32. The van der Waals surface area contributed by atoms with Gasteiger partial charge in [-0.15, -0.1) is 0 Å². The molecule has 148 valence electrons. The molecule has 1 heterocycles. The number of amides is 2. The number of nitrogens with zero attached hydrogens (tertiary/aromatic N) is 2. The molecule has 1 unspecified atom stereocenters. The number of nitrogens with two attached hydrogens (primary N) is 1. The summed E-state index contributed by atoms with van der Waals surface area (Å²) in [6, 6.07) is 16.7. The SMILES string of the molecule is CN1CCN(C(=O)Cc2ccc(NC(=O)C(C)(N)c3ccccc3)cc2)CC1. The quantitative estimate of drug-likeness (QED) is 0.829. The zero-order valence-electron chi connectivity index (χ0n) is 16.5. The lowest BCUT2D eigenvalue weighted by Crippen LogP contribution is -2.47. The topological polar surface area (TPSA) is 78.7 Å². The van der Waals surface area contributed by atoms with Gasteiger partial charge in [-0.1, -0.05) is 42.5 Å². The summed E-state index contributed by atoms with van der Waals surface area (Å²) in [4.78, 5) is 29.2. The normalized spacial score (nSPS) is 17.0. The Morgan fingerprint density at radius 3 is 2.21 bits per heavy atom. The number of likely N-dealkylation sites (N-methyl/N-ethyl adjacent to an activating group) is 1. The van der Waals surface area contributed by atoms with Crippen LogP contribution in [-0.4, -0.2) is 54.8 Å². The third-order valence-corrected chi connectivity index (χ3v) is 5.27. The van der Waals surface area contributed by atoms with E-state index in [0.29, 0.717) is 12.1 Å². The van der Waals surface area contributed by atoms with Crippen molar-refractivity contribution in [2.45, 2.75) is 18.9 Å². The summed E-state index contributed by atoms with van der Waals surface area (Å²) in [5.41, 5.74) is 7.47. The second kappa shape index (κ2) is 8.54. The minimum absolute atomic E-state index is 0.142. The highest BCUT2D eigenvalue weighted by Gasteiger charge is 2.30. The van der Waals surface area contributed by atoms with Gasteiger partial charge in [0.05, 0.1) is 6.42 Å². The van der Waals surface area contributed by atoms with Gasteiger partial charge in [-0.25, -0.2) is 0 Å². The van der Waals surface area contributed by atoms with Crippen LogP contribution in [0.2, 0.25) is 0 Å². The van der Waals surface area contributed by atoms with Crippen molar-refractivity contribution in [1.29, 1.82) is 0 Å². The maximum atomic E-state index is 12.6. The van der Waals surface area contributed by atoms with Gasteiger partial charge in [0.15, 0.2) is 0 Å². The monoisotopic (exact) mass is 380 g/mol. The second-order valence-electron chi connectivity index (χ2n) is 7.58. The Kier molecular flexibility index (Phi) is 6.11. The van der Waals surface area contributed by atoms with Crippen LogP contribution in [0.1, 0.15) is 18.1 Å². The molecule has 3 rings (SSSR count). The van der Waals surface area contributed by atoms with Crippen LogP contribution in [0, 0.1) is 0 Å². The number of anilines is 1. The van der Waals surface area contributed by atoms with E-state index < -0.39 is 5.54 Å². The van der Waals surface area contributed by atoms with E-state index in [9.17, 15) is 9.59 Å². The van der Waals surface area contributed by atoms with Crippen molar-refractivity contribution in [3.63, 3.8) is 0 Å². The molecule has 2 aromatic carbocycles. The van der Waals surface area contributed by atoms with Gasteiger partial charge in [0.2, 0.25) is 11.8 Å². The number of carbonyl (C=O) groups excluding carboxylic acids is 2. The van der Waals surface area contributed by atoms with Crippen LogP contribution in [-0.2, 0) is 21.5 Å². The summed E-state index contributed by atoms with van der Waals surface area (Å²) < 4.78 is 0. The summed E-state index contributed by atoms with van der Waals surface area (Å²) in [5.74, 6) is -0.136. The Morgan fingerprint density at radius 1 is 1.00 bits per heavy atom. The fraction of sp³-hybridized carbons (Fsp3) is 0.364. The van der Waals surface area contributed by atoms with E-state index >= 15 is 0 Å². The Labute approximate surface area is 166 Å². The zero-order valence-corrected chi connectivity index (χ0v) is 16.5. The first-order valence-corrected chi connectivity index (χ1v) is 9.57. The highest BCUT2D eigenvalue weighted by molar-refractivity contribution is 5.98. The van der Waals surface area contributed by atoms with E-state index in [1.165, 1.54) is 0 Å². The van der Waals surface area contributed by atoms with E-state index in [0.717, 1.165) is 37.3 Å². The van der Waals surface area contributed by atoms with Crippen molar-refractivity contribution < 1.29 is 9.59 Å². The number of benzene rings is 2. The van der Waals surface area contributed by atoms with E-state index in [-0.39, 0.29) is 11.8 Å². The molecule has 0 spiro atoms. The van der Waals surface area contributed by atoms with Crippen molar-refractivity contribution in [2.24, 2.45) is 5.73 Å². The predicted octanol–water partition coefficient (Wildman–Crippen LogP) is 1.82. The Hall–Kier alpha value is -2.70. The van der Waals surface area contributed by atoms with Crippen LogP contribution in [0.5, 0.6) is 0 Å². The highest BCUT2D eigenvalue weighted by atomic mass is 16.2. The molecule has 0 bridgehead atoms. The first-order chi connectivity index (χ1) is 13.4. The number of piperazine rings is 1. The van der Waals surface area contributed by atoms with Crippen molar-refractivity contribution in [1.82, 2.24) is 9.80 Å². The zero-order chi connectivity index (χ0) is 20.1. The molecule has 6 heteroatoms. The van der Waals surface area contributed by atoms with E-state index in [4.69, 9.17) is 5.73 Å². The molecule has 1 aliphatic rings. The molecular formula is C22H28N4O2. The lowest BCUT2D eigenvalue weighted by molar-refractivity contribution is -0.132. The van der Waals surface area contributed by atoms with E-state index in [1.54, 1.807) is 6.92 Å². The molecule has 1 fully saturated rings. The Bertz CT molecular complexity index is 810. The second-order valence-corrected chi connectivity index (χ2v) is 7.58. The van der Waals surface area contributed by atoms with E-state index in [1.807, 2.05) is 59.5 Å². The minimum atomic E-state index is -1.13. The van der Waals surface area contributed by atoms with Gasteiger partial charge in [0.1, 0.15) is 5.54 Å². The molecule has 1 aliphatic heterocycles. The third-order valence-electron chi connectivity index (χ3n) is 5.27. The lowest BCUT2D eigenvalue weighted by atomic mass is 9.92. The number of rotatable bonds is 5. The van der Waals surface area contributed by atoms with Gasteiger partial charge in [-0.3, -0.25) is 9.59 Å². The first kappa shape index (κ1) is 20.0. The van der Waals surface area contributed by atoms with Gasteiger partial charge < -0.3 is 20.9 Å². The summed E-state index contributed by atoms with van der Waals surface area (Å²) >= 11 is 0. The van der Waals surface area contributed by atoms with Gasteiger partial charge in [-0.2, -0.15) is 0 Å². The Balaban J connectivity index is 1.58. The molecule has 2 amide bonds. The molecule has 1 saturated heterocycles. The smallest absolute Gasteiger partial charge is 0.248 e. The average molecular weight is 380 g/mol. The van der Waals surface area contributed by atoms with Crippen molar-refractivity contribution >= 4 is 17.5 Å². The van der Waals surface area contributed by atoms with E-state index in [2.05, 4.69) is 17.3 Å². The maximum Gasteiger partial charge on any atom is 0.248 e. The van der Waals surface area contributed by atoms with Gasteiger partial charge in [0.25, 0.3) is 0 Å². The van der Waals surface area contributed by atoms with Crippen LogP contribution in [0.25, 0.3) is 0 Å². The van der Waals surface area contributed by atoms with Gasteiger partial charge >= 0.3 is 0 Å². The average Bonchev–Trinajstić information content (AvgIpc) is 2.70. The molecule has 1 atom stereocenters. The molecule has 0 aromatic heterocycles. The number of carbonyl (C=O) groups is 2. The summed E-state index contributed by atoms with van der Waals surface area (Å²) in [6.45, 7) is 5.07. The van der Waals surface area contributed by atoms with Crippen LogP contribution in [0.3, 0.4) is 0 Å². The molecule has 28 heavy (non-hydrogen) atoms. The third kappa shape index (κ3) is 4.77. The maximum absolute atomic E-state index is 12.6. The molecule has 3 N–H and O–H groups in total. The fourth-order valence-electron chi connectivity index (χ4n) is 3.22. The van der Waals surface area contributed by atoms with Crippen molar-refractivity contribution in [3.05, 3.63) is 65.7 Å². The highest BCUT2D eigenvalue weighted by Crippen LogP contribution is 2.20. The van der Waals surface area contributed by atoms with Crippen LogP contribution in [0.4, 0.5) is 5.69 Å². The predicted molar refractivity (Wildman–Crippen MR) is 111 cm³/mol. The van der Waals surface area contributed by atoms with Crippen molar-refractivity contribution in [3.8, 4) is 0 Å². The molecule has 0 aliphatic carbocycles. The fourth-order valence-corrected chi connectivity index (χ4v) is 3.22. The molecule has 0 saturated carbocycles. The molecule has 6 nitrogen and oxygen atoms in total. The minimum Gasteiger partial charge on any atom is -0.340 e. The summed E-state index contributed by atoms with van der Waals surface area (Å²) in [5, 5.41) is 2.86. The van der Waals surface area contributed by atoms with Gasteiger partial charge in [-0.05, 0) is 37.2 Å². The number of hydrogen-bond acceptors (Lipinski definition) is 4. The molecular weight excluding hydrogens is 352 g/mol. The molecule has 0 radical (unpaired) electrons. The Morgan fingerprint density at radius 2 is 1.61 bits per heavy atom. The van der Waals surface area contributed by atoms with Crippen LogP contribution < -0.4 is 11.1 Å². The summed E-state index contributed by atoms with van der Waals surface area (Å²) in [6.07, 6.45) is 0.372. The largest absolute Gasteiger partial charge is 0.340 e. The van der Waals surface area contributed by atoms with Crippen LogP contribution in [0.15, 0.2) is 54.6 Å². The van der Waals surface area contributed by atoms with Gasteiger partial charge in [0, 0.05) is 31.9 Å².